The fourth-order valence-electron chi connectivity index (χ4n) is 2.69. The molecule has 0 spiro atoms. The molecule has 0 bridgehead atoms. The number of rotatable bonds is 2. The molecular formula is C17H13N5O. The fourth-order valence-corrected chi connectivity index (χ4v) is 2.69. The smallest absolute Gasteiger partial charge is 0.355 e. The summed E-state index contributed by atoms with van der Waals surface area (Å²) in [6.45, 7) is 0. The molecule has 0 unspecified atom stereocenters. The van der Waals surface area contributed by atoms with Gasteiger partial charge < -0.3 is 5.73 Å². The maximum Gasteiger partial charge on any atom is 0.355 e. The average molecular weight is 303 g/mol. The Morgan fingerprint density at radius 1 is 1.22 bits per heavy atom. The number of hydrogen-bond acceptors (Lipinski definition) is 5. The van der Waals surface area contributed by atoms with Crippen molar-refractivity contribution >= 4 is 16.9 Å². The van der Waals surface area contributed by atoms with Crippen LogP contribution in [-0.2, 0) is 0 Å². The van der Waals surface area contributed by atoms with Crippen LogP contribution in [0.5, 0.6) is 0 Å². The largest absolute Gasteiger partial charge is 0.383 e. The lowest BCUT2D eigenvalue weighted by molar-refractivity contribution is 0.926. The number of nitrogens with zero attached hydrogens (tertiary/aromatic N) is 4. The summed E-state index contributed by atoms with van der Waals surface area (Å²) in [5.41, 5.74) is 7.88. The Kier molecular flexibility index (Phi) is 2.88. The van der Waals surface area contributed by atoms with Gasteiger partial charge in [0.15, 0.2) is 5.65 Å². The Balaban J connectivity index is 2.06. The molecule has 0 saturated heterocycles. The second-order valence-electron chi connectivity index (χ2n) is 5.66. The van der Waals surface area contributed by atoms with Gasteiger partial charge in [0.1, 0.15) is 5.82 Å². The van der Waals surface area contributed by atoms with E-state index in [1.807, 2.05) is 12.1 Å². The molecule has 1 aromatic carbocycles. The van der Waals surface area contributed by atoms with Crippen molar-refractivity contribution < 1.29 is 0 Å². The third kappa shape index (κ3) is 2.23. The lowest BCUT2D eigenvalue weighted by Crippen LogP contribution is -2.24. The van der Waals surface area contributed by atoms with E-state index < -0.39 is 5.69 Å². The van der Waals surface area contributed by atoms with Gasteiger partial charge in [-0.2, -0.15) is 10.2 Å². The maximum absolute atomic E-state index is 12.4. The molecule has 23 heavy (non-hydrogen) atoms. The first kappa shape index (κ1) is 13.5. The molecule has 0 radical (unpaired) electrons. The second kappa shape index (κ2) is 4.92. The third-order valence-corrected chi connectivity index (χ3v) is 4.02. The van der Waals surface area contributed by atoms with E-state index in [1.54, 1.807) is 24.3 Å². The predicted molar refractivity (Wildman–Crippen MR) is 86.2 cm³/mol. The normalized spacial score (nSPS) is 13.9. The van der Waals surface area contributed by atoms with E-state index >= 15 is 0 Å². The highest BCUT2D eigenvalue weighted by molar-refractivity contribution is 5.86. The summed E-state index contributed by atoms with van der Waals surface area (Å²) in [4.78, 5) is 20.9. The Morgan fingerprint density at radius 2 is 2.04 bits per heavy atom. The Morgan fingerprint density at radius 3 is 2.78 bits per heavy atom. The topological polar surface area (TPSA) is 97.6 Å². The number of pyridine rings is 1. The fraction of sp³-hybridized carbons (Fsp3) is 0.176. The van der Waals surface area contributed by atoms with Crippen LogP contribution in [0.4, 0.5) is 5.82 Å². The number of aromatic nitrogens is 3. The van der Waals surface area contributed by atoms with E-state index in [9.17, 15) is 4.79 Å². The summed E-state index contributed by atoms with van der Waals surface area (Å²) in [6, 6.07) is 12.7. The van der Waals surface area contributed by atoms with Crippen LogP contribution in [0.3, 0.4) is 0 Å². The number of anilines is 1. The van der Waals surface area contributed by atoms with Crippen LogP contribution in [0, 0.1) is 11.3 Å². The number of nitriles is 1. The second-order valence-corrected chi connectivity index (χ2v) is 5.66. The molecule has 2 aromatic heterocycles. The highest BCUT2D eigenvalue weighted by Gasteiger charge is 2.26. The van der Waals surface area contributed by atoms with Crippen LogP contribution in [-0.4, -0.2) is 14.5 Å². The van der Waals surface area contributed by atoms with Gasteiger partial charge in [-0.25, -0.2) is 14.3 Å². The zero-order chi connectivity index (χ0) is 16.0. The first-order valence-corrected chi connectivity index (χ1v) is 7.37. The van der Waals surface area contributed by atoms with Crippen LogP contribution in [0.15, 0.2) is 41.2 Å². The lowest BCUT2D eigenvalue weighted by atomic mass is 10.2. The van der Waals surface area contributed by atoms with Gasteiger partial charge in [-0.1, -0.05) is 6.07 Å². The third-order valence-electron chi connectivity index (χ3n) is 4.02. The number of nitrogen functional groups attached to an aromatic ring is 1. The van der Waals surface area contributed by atoms with Crippen LogP contribution in [0.2, 0.25) is 0 Å². The SMILES string of the molecule is N#Cc1cccc(-n2c(=O)nc(N)c3ccc(C4CC4)nc32)c1. The van der Waals surface area contributed by atoms with Crippen molar-refractivity contribution in [1.82, 2.24) is 14.5 Å². The van der Waals surface area contributed by atoms with Crippen molar-refractivity contribution in [2.75, 3.05) is 5.73 Å². The number of hydrogen-bond donors (Lipinski definition) is 1. The van der Waals surface area contributed by atoms with E-state index in [2.05, 4.69) is 16.0 Å². The molecule has 1 fully saturated rings. The first-order valence-electron chi connectivity index (χ1n) is 7.37. The molecule has 0 atom stereocenters. The average Bonchev–Trinajstić information content (AvgIpc) is 3.39. The summed E-state index contributed by atoms with van der Waals surface area (Å²) >= 11 is 0. The molecule has 112 valence electrons. The number of nitrogens with two attached hydrogens (primary N) is 1. The molecular weight excluding hydrogens is 290 g/mol. The van der Waals surface area contributed by atoms with Crippen molar-refractivity contribution in [1.29, 1.82) is 5.26 Å². The van der Waals surface area contributed by atoms with E-state index in [0.717, 1.165) is 18.5 Å². The predicted octanol–water partition coefficient (Wildman–Crippen LogP) is 2.11. The molecule has 2 N–H and O–H groups in total. The van der Waals surface area contributed by atoms with Crippen molar-refractivity contribution in [3.63, 3.8) is 0 Å². The number of benzene rings is 1. The van der Waals surface area contributed by atoms with Crippen molar-refractivity contribution in [3.8, 4) is 11.8 Å². The first-order chi connectivity index (χ1) is 11.2. The Bertz CT molecular complexity index is 1030. The molecule has 1 aliphatic carbocycles. The minimum Gasteiger partial charge on any atom is -0.383 e. The standard InChI is InChI=1S/C17H13N5O/c18-9-10-2-1-3-12(8-10)22-16-13(15(19)21-17(22)23)6-7-14(20-16)11-4-5-11/h1-3,6-8,11H,4-5H2,(H2,19,21,23). The van der Waals surface area contributed by atoms with E-state index in [0.29, 0.717) is 28.2 Å². The van der Waals surface area contributed by atoms with Gasteiger partial charge in [-0.15, -0.1) is 0 Å². The zero-order valence-electron chi connectivity index (χ0n) is 12.2. The zero-order valence-corrected chi connectivity index (χ0v) is 12.2. The summed E-state index contributed by atoms with van der Waals surface area (Å²) in [6.07, 6.45) is 2.24. The van der Waals surface area contributed by atoms with Crippen molar-refractivity contribution in [2.45, 2.75) is 18.8 Å². The van der Waals surface area contributed by atoms with E-state index in [-0.39, 0.29) is 5.82 Å². The van der Waals surface area contributed by atoms with E-state index in [4.69, 9.17) is 11.0 Å². The van der Waals surface area contributed by atoms with Crippen LogP contribution in [0.25, 0.3) is 16.7 Å². The van der Waals surface area contributed by atoms with Gasteiger partial charge in [-0.3, -0.25) is 0 Å². The van der Waals surface area contributed by atoms with Gasteiger partial charge in [0.25, 0.3) is 0 Å². The Hall–Kier alpha value is -3.20. The molecule has 1 aliphatic rings. The minimum atomic E-state index is -0.495. The summed E-state index contributed by atoms with van der Waals surface area (Å²) in [5.74, 6) is 0.635. The molecule has 4 rings (SSSR count). The van der Waals surface area contributed by atoms with Crippen LogP contribution >= 0.6 is 0 Å². The molecule has 1 saturated carbocycles. The van der Waals surface area contributed by atoms with Gasteiger partial charge in [-0.05, 0) is 43.2 Å². The molecule has 0 aliphatic heterocycles. The van der Waals surface area contributed by atoms with Crippen molar-refractivity contribution in [3.05, 3.63) is 58.1 Å². The van der Waals surface area contributed by atoms with Gasteiger partial charge in [0.05, 0.1) is 22.7 Å². The van der Waals surface area contributed by atoms with Gasteiger partial charge in [0, 0.05) is 11.6 Å². The van der Waals surface area contributed by atoms with E-state index in [1.165, 1.54) is 4.57 Å². The Labute approximate surface area is 131 Å². The molecule has 2 heterocycles. The molecule has 0 amide bonds. The molecule has 3 aromatic rings. The summed E-state index contributed by atoms with van der Waals surface area (Å²) < 4.78 is 1.42. The molecule has 6 heteroatoms. The highest BCUT2D eigenvalue weighted by Crippen LogP contribution is 2.39. The monoisotopic (exact) mass is 303 g/mol. The van der Waals surface area contributed by atoms with Crippen molar-refractivity contribution in [2.24, 2.45) is 0 Å². The van der Waals surface area contributed by atoms with Gasteiger partial charge in [0.2, 0.25) is 0 Å². The summed E-state index contributed by atoms with van der Waals surface area (Å²) in [5, 5.41) is 9.71. The molecule has 6 nitrogen and oxygen atoms in total. The maximum atomic E-state index is 12.4. The van der Waals surface area contributed by atoms with Crippen LogP contribution < -0.4 is 11.4 Å². The summed E-state index contributed by atoms with van der Waals surface area (Å²) in [7, 11) is 0. The quantitative estimate of drug-likeness (QED) is 0.782. The minimum absolute atomic E-state index is 0.174. The van der Waals surface area contributed by atoms with Gasteiger partial charge >= 0.3 is 5.69 Å². The highest BCUT2D eigenvalue weighted by atomic mass is 16.1. The lowest BCUT2D eigenvalue weighted by Gasteiger charge is -2.11. The van der Waals surface area contributed by atoms with Crippen LogP contribution in [0.1, 0.15) is 30.0 Å². The number of fused-ring (bicyclic) bond motifs is 1.